The molecule has 82 valence electrons. The molecule has 1 aliphatic rings. The van der Waals surface area contributed by atoms with Gasteiger partial charge in [-0.25, -0.2) is 4.98 Å². The molecule has 0 atom stereocenters. The first-order valence-corrected chi connectivity index (χ1v) is 6.60. The molecule has 2 rings (SSSR count). The lowest BCUT2D eigenvalue weighted by atomic mass is 10.1. The summed E-state index contributed by atoms with van der Waals surface area (Å²) >= 11 is 1.82. The molecule has 0 aliphatic heterocycles. The lowest BCUT2D eigenvalue weighted by molar-refractivity contribution is 0.623. The molecule has 1 aliphatic carbocycles. The van der Waals surface area contributed by atoms with Gasteiger partial charge in [0.05, 0.1) is 5.69 Å². The minimum atomic E-state index is 0.823. The Morgan fingerprint density at radius 1 is 1.40 bits per heavy atom. The van der Waals surface area contributed by atoms with E-state index in [4.69, 9.17) is 5.73 Å². The molecule has 2 nitrogen and oxygen atoms in total. The molecule has 3 heteroatoms. The highest BCUT2D eigenvalue weighted by Crippen LogP contribution is 2.32. The molecular weight excluding hydrogens is 204 g/mol. The first-order valence-electron chi connectivity index (χ1n) is 5.61. The van der Waals surface area contributed by atoms with Gasteiger partial charge in [-0.3, -0.25) is 0 Å². The summed E-state index contributed by atoms with van der Waals surface area (Å²) in [5.41, 5.74) is 7.77. The van der Waals surface area contributed by atoms with Gasteiger partial charge in [0.15, 0.2) is 0 Å². The molecule has 0 aromatic carbocycles. The molecule has 1 heterocycles. The molecule has 1 saturated carbocycles. The van der Waals surface area contributed by atoms with E-state index in [0.29, 0.717) is 0 Å². The number of nitrogens with zero attached hydrogens (tertiary/aromatic N) is 1. The Balaban J connectivity index is 1.94. The van der Waals surface area contributed by atoms with Gasteiger partial charge in [-0.05, 0) is 37.8 Å². The lowest BCUT2D eigenvalue weighted by Crippen LogP contribution is -1.99. The number of nitrogen functional groups attached to an aromatic ring is 1. The van der Waals surface area contributed by atoms with Crippen LogP contribution >= 0.6 is 11.8 Å². The van der Waals surface area contributed by atoms with Crippen molar-refractivity contribution in [1.82, 2.24) is 4.98 Å². The molecular formula is C12H18N2S. The van der Waals surface area contributed by atoms with Crippen molar-refractivity contribution in [3.8, 4) is 0 Å². The maximum atomic E-state index is 5.89. The van der Waals surface area contributed by atoms with Crippen LogP contribution in [0.2, 0.25) is 0 Å². The maximum absolute atomic E-state index is 5.89. The SMILES string of the molecule is Cc1ccc(N)c(SCC2CCCC2)n1. The topological polar surface area (TPSA) is 38.9 Å². The molecule has 15 heavy (non-hydrogen) atoms. The van der Waals surface area contributed by atoms with Gasteiger partial charge < -0.3 is 5.73 Å². The normalized spacial score (nSPS) is 17.1. The van der Waals surface area contributed by atoms with Gasteiger partial charge in [0.1, 0.15) is 5.03 Å². The zero-order valence-corrected chi connectivity index (χ0v) is 10.0. The van der Waals surface area contributed by atoms with E-state index in [-0.39, 0.29) is 0 Å². The third-order valence-electron chi connectivity index (χ3n) is 2.96. The summed E-state index contributed by atoms with van der Waals surface area (Å²) in [7, 11) is 0. The number of aryl methyl sites for hydroxylation is 1. The number of thioether (sulfide) groups is 1. The minimum Gasteiger partial charge on any atom is -0.397 e. The van der Waals surface area contributed by atoms with Crippen molar-refractivity contribution in [1.29, 1.82) is 0 Å². The van der Waals surface area contributed by atoms with Crippen LogP contribution in [0, 0.1) is 12.8 Å². The van der Waals surface area contributed by atoms with Crippen LogP contribution in [0.1, 0.15) is 31.4 Å². The minimum absolute atomic E-state index is 0.823. The molecule has 0 radical (unpaired) electrons. The fraction of sp³-hybridized carbons (Fsp3) is 0.583. The average molecular weight is 222 g/mol. The summed E-state index contributed by atoms with van der Waals surface area (Å²) in [6.45, 7) is 2.01. The summed E-state index contributed by atoms with van der Waals surface area (Å²) in [5.74, 6) is 2.07. The number of hydrogen-bond acceptors (Lipinski definition) is 3. The third-order valence-corrected chi connectivity index (χ3v) is 4.20. The number of hydrogen-bond donors (Lipinski definition) is 1. The van der Waals surface area contributed by atoms with Gasteiger partial charge in [0.25, 0.3) is 0 Å². The van der Waals surface area contributed by atoms with Crippen LogP contribution in [-0.2, 0) is 0 Å². The van der Waals surface area contributed by atoms with E-state index in [1.807, 2.05) is 30.8 Å². The Bertz CT molecular complexity index is 332. The van der Waals surface area contributed by atoms with Crippen LogP contribution < -0.4 is 5.73 Å². The van der Waals surface area contributed by atoms with E-state index in [9.17, 15) is 0 Å². The summed E-state index contributed by atoms with van der Waals surface area (Å²) in [6.07, 6.45) is 5.58. The Morgan fingerprint density at radius 2 is 2.13 bits per heavy atom. The second kappa shape index (κ2) is 4.88. The standard InChI is InChI=1S/C12H18N2S/c1-9-6-7-11(13)12(14-9)15-8-10-4-2-3-5-10/h6-7,10H,2-5,8,13H2,1H3. The second-order valence-electron chi connectivity index (χ2n) is 4.31. The van der Waals surface area contributed by atoms with Crippen LogP contribution in [0.4, 0.5) is 5.69 Å². The van der Waals surface area contributed by atoms with Gasteiger partial charge >= 0.3 is 0 Å². The van der Waals surface area contributed by atoms with Crippen LogP contribution in [-0.4, -0.2) is 10.7 Å². The quantitative estimate of drug-likeness (QED) is 0.798. The van der Waals surface area contributed by atoms with Gasteiger partial charge in [-0.15, -0.1) is 11.8 Å². The zero-order chi connectivity index (χ0) is 10.7. The highest BCUT2D eigenvalue weighted by molar-refractivity contribution is 7.99. The summed E-state index contributed by atoms with van der Waals surface area (Å²) in [5, 5.41) is 1.02. The van der Waals surface area contributed by atoms with E-state index >= 15 is 0 Å². The van der Waals surface area contributed by atoms with E-state index < -0.39 is 0 Å². The largest absolute Gasteiger partial charge is 0.397 e. The molecule has 0 spiro atoms. The maximum Gasteiger partial charge on any atom is 0.119 e. The zero-order valence-electron chi connectivity index (χ0n) is 9.20. The van der Waals surface area contributed by atoms with Crippen molar-refractivity contribution in [2.45, 2.75) is 37.6 Å². The van der Waals surface area contributed by atoms with Crippen molar-refractivity contribution in [3.05, 3.63) is 17.8 Å². The van der Waals surface area contributed by atoms with E-state index in [1.54, 1.807) is 0 Å². The van der Waals surface area contributed by atoms with Gasteiger partial charge in [0, 0.05) is 11.4 Å². The summed E-state index contributed by atoms with van der Waals surface area (Å²) in [4.78, 5) is 4.47. The molecule has 0 unspecified atom stereocenters. The van der Waals surface area contributed by atoms with Crippen molar-refractivity contribution < 1.29 is 0 Å². The first kappa shape index (κ1) is 10.8. The highest BCUT2D eigenvalue weighted by atomic mass is 32.2. The van der Waals surface area contributed by atoms with Crippen molar-refractivity contribution in [2.24, 2.45) is 5.92 Å². The molecule has 0 bridgehead atoms. The number of aromatic nitrogens is 1. The van der Waals surface area contributed by atoms with E-state index in [1.165, 1.54) is 31.4 Å². The third kappa shape index (κ3) is 2.88. The van der Waals surface area contributed by atoms with Crippen molar-refractivity contribution in [3.63, 3.8) is 0 Å². The number of rotatable bonds is 3. The Morgan fingerprint density at radius 3 is 2.87 bits per heavy atom. The van der Waals surface area contributed by atoms with E-state index in [2.05, 4.69) is 4.98 Å². The summed E-state index contributed by atoms with van der Waals surface area (Å²) < 4.78 is 0. The molecule has 1 aromatic rings. The fourth-order valence-electron chi connectivity index (χ4n) is 2.03. The molecule has 1 fully saturated rings. The van der Waals surface area contributed by atoms with Crippen LogP contribution in [0.3, 0.4) is 0 Å². The fourth-order valence-corrected chi connectivity index (χ4v) is 3.20. The smallest absolute Gasteiger partial charge is 0.119 e. The first-order chi connectivity index (χ1) is 7.25. The predicted molar refractivity (Wildman–Crippen MR) is 66.1 cm³/mol. The van der Waals surface area contributed by atoms with Gasteiger partial charge in [0.2, 0.25) is 0 Å². The monoisotopic (exact) mass is 222 g/mol. The second-order valence-corrected chi connectivity index (χ2v) is 5.32. The highest BCUT2D eigenvalue weighted by Gasteiger charge is 2.15. The molecule has 2 N–H and O–H groups in total. The Hall–Kier alpha value is -0.700. The summed E-state index contributed by atoms with van der Waals surface area (Å²) in [6, 6.07) is 3.92. The van der Waals surface area contributed by atoms with Crippen molar-refractivity contribution in [2.75, 3.05) is 11.5 Å². The Labute approximate surface area is 95.7 Å². The van der Waals surface area contributed by atoms with Crippen LogP contribution in [0.5, 0.6) is 0 Å². The number of pyridine rings is 1. The van der Waals surface area contributed by atoms with E-state index in [0.717, 1.165) is 22.3 Å². The van der Waals surface area contributed by atoms with Crippen LogP contribution in [0.15, 0.2) is 17.2 Å². The predicted octanol–water partition coefficient (Wildman–Crippen LogP) is 3.25. The average Bonchev–Trinajstić information content (AvgIpc) is 2.72. The molecule has 0 amide bonds. The number of nitrogens with two attached hydrogens (primary N) is 1. The number of anilines is 1. The Kier molecular flexibility index (Phi) is 3.52. The van der Waals surface area contributed by atoms with Gasteiger partial charge in [-0.1, -0.05) is 12.8 Å². The lowest BCUT2D eigenvalue weighted by Gasteiger charge is -2.09. The molecule has 1 aromatic heterocycles. The molecule has 0 saturated heterocycles. The van der Waals surface area contributed by atoms with Crippen molar-refractivity contribution >= 4 is 17.4 Å². The van der Waals surface area contributed by atoms with Crippen LogP contribution in [0.25, 0.3) is 0 Å². The van der Waals surface area contributed by atoms with Gasteiger partial charge in [-0.2, -0.15) is 0 Å².